The van der Waals surface area contributed by atoms with E-state index in [0.29, 0.717) is 6.08 Å². The molecule has 0 amide bonds. The van der Waals surface area contributed by atoms with Crippen LogP contribution in [0.5, 0.6) is 17.2 Å². The van der Waals surface area contributed by atoms with Gasteiger partial charge < -0.3 is 46.3 Å². The van der Waals surface area contributed by atoms with Gasteiger partial charge in [-0.2, -0.15) is 0 Å². The molecule has 0 aromatic heterocycles. The Morgan fingerprint density at radius 3 is 1.80 bits per heavy atom. The topological polar surface area (TPSA) is 236 Å². The number of esters is 2. The van der Waals surface area contributed by atoms with Crippen LogP contribution in [-0.4, -0.2) is 99.8 Å². The number of ether oxygens (including phenoxy) is 3. The van der Waals surface area contributed by atoms with Crippen LogP contribution in [0.15, 0.2) is 18.2 Å². The second kappa shape index (κ2) is 16.1. The standard InChI is InChI=1S/C19H22O15.Na.H/c1-30-13-4-2-9(3-5-14(26)33-34-19(29)12(25)8-22)15(31-17(27)10(23)6-20)16(13)32-18(28)11(24)7-21;;/h2-5,10-12,20-25H,6-8H2,1H3;;/q;+1;-1. The van der Waals surface area contributed by atoms with Crippen molar-refractivity contribution in [3.63, 3.8) is 0 Å². The SMILES string of the molecule is COc1ccc(C=CC(=O)OOC(=O)C(O)CO)c(OC(=O)C(O)CO)c1OC(=O)C(O)CO.[H-].[Na+]. The van der Waals surface area contributed by atoms with E-state index in [2.05, 4.69) is 9.78 Å². The van der Waals surface area contributed by atoms with Gasteiger partial charge in [-0.1, -0.05) is 0 Å². The van der Waals surface area contributed by atoms with Gasteiger partial charge in [-0.05, 0) is 18.2 Å². The first kappa shape index (κ1) is 32.4. The molecule has 15 nitrogen and oxygen atoms in total. The van der Waals surface area contributed by atoms with Crippen LogP contribution in [0, 0.1) is 0 Å². The van der Waals surface area contributed by atoms with Crippen molar-refractivity contribution in [2.24, 2.45) is 0 Å². The molecular formula is C19H23NaO15. The van der Waals surface area contributed by atoms with Gasteiger partial charge >= 0.3 is 53.4 Å². The van der Waals surface area contributed by atoms with Gasteiger partial charge in [0, 0.05) is 11.6 Å². The number of hydrogen-bond donors (Lipinski definition) is 6. The number of benzene rings is 1. The van der Waals surface area contributed by atoms with E-state index in [1.165, 1.54) is 12.1 Å². The van der Waals surface area contributed by atoms with Gasteiger partial charge in [0.2, 0.25) is 5.75 Å². The minimum atomic E-state index is -2.00. The molecule has 0 heterocycles. The Morgan fingerprint density at radius 2 is 1.31 bits per heavy atom. The third-order valence-corrected chi connectivity index (χ3v) is 3.67. The first-order valence-electron chi connectivity index (χ1n) is 9.21. The normalized spacial score (nSPS) is 13.1. The summed E-state index contributed by atoms with van der Waals surface area (Å²) in [5.74, 6) is -6.99. The molecule has 0 radical (unpaired) electrons. The second-order valence-electron chi connectivity index (χ2n) is 6.09. The van der Waals surface area contributed by atoms with E-state index in [1.54, 1.807) is 0 Å². The average molecular weight is 514 g/mol. The molecule has 0 spiro atoms. The Balaban J connectivity index is 0. The van der Waals surface area contributed by atoms with E-state index >= 15 is 0 Å². The van der Waals surface area contributed by atoms with Crippen molar-refractivity contribution in [3.8, 4) is 17.2 Å². The van der Waals surface area contributed by atoms with Crippen LogP contribution in [0.25, 0.3) is 6.08 Å². The Labute approximate surface area is 220 Å². The number of aliphatic hydroxyl groups excluding tert-OH is 6. The molecule has 0 bridgehead atoms. The van der Waals surface area contributed by atoms with E-state index in [0.717, 1.165) is 13.2 Å². The molecule has 1 aromatic rings. The minimum Gasteiger partial charge on any atom is -1.00 e. The van der Waals surface area contributed by atoms with Gasteiger partial charge in [0.1, 0.15) is 0 Å². The first-order chi connectivity index (χ1) is 16.1. The van der Waals surface area contributed by atoms with Crippen LogP contribution < -0.4 is 43.8 Å². The van der Waals surface area contributed by atoms with Crippen molar-refractivity contribution in [1.29, 1.82) is 0 Å². The maximum absolute atomic E-state index is 12.0. The van der Waals surface area contributed by atoms with Crippen molar-refractivity contribution in [1.82, 2.24) is 0 Å². The van der Waals surface area contributed by atoms with Crippen LogP contribution in [0.3, 0.4) is 0 Å². The van der Waals surface area contributed by atoms with Gasteiger partial charge in [-0.3, -0.25) is 0 Å². The summed E-state index contributed by atoms with van der Waals surface area (Å²) in [7, 11) is 1.14. The Hall–Kier alpha value is -2.60. The second-order valence-corrected chi connectivity index (χ2v) is 6.09. The van der Waals surface area contributed by atoms with Gasteiger partial charge in [-0.25, -0.2) is 29.0 Å². The molecule has 0 saturated heterocycles. The monoisotopic (exact) mass is 514 g/mol. The van der Waals surface area contributed by atoms with Crippen LogP contribution in [-0.2, 0) is 29.0 Å². The summed E-state index contributed by atoms with van der Waals surface area (Å²) in [5.41, 5.74) is -0.181. The molecular weight excluding hydrogens is 491 g/mol. The third kappa shape index (κ3) is 9.88. The summed E-state index contributed by atoms with van der Waals surface area (Å²) >= 11 is 0. The van der Waals surface area contributed by atoms with Gasteiger partial charge in [0.25, 0.3) is 0 Å². The maximum atomic E-state index is 12.0. The average Bonchev–Trinajstić information content (AvgIpc) is 2.85. The number of rotatable bonds is 11. The molecule has 0 aliphatic carbocycles. The van der Waals surface area contributed by atoms with Crippen molar-refractivity contribution in [2.75, 3.05) is 26.9 Å². The summed E-state index contributed by atoms with van der Waals surface area (Å²) in [6, 6.07) is 2.38. The fourth-order valence-electron chi connectivity index (χ4n) is 1.94. The van der Waals surface area contributed by atoms with E-state index in [4.69, 9.17) is 34.6 Å². The molecule has 1 rings (SSSR count). The first-order valence-corrected chi connectivity index (χ1v) is 9.21. The van der Waals surface area contributed by atoms with Crippen LogP contribution >= 0.6 is 0 Å². The summed E-state index contributed by atoms with van der Waals surface area (Å²) in [4.78, 5) is 55.0. The molecule has 6 N–H and O–H groups in total. The van der Waals surface area contributed by atoms with E-state index < -0.39 is 73.5 Å². The maximum Gasteiger partial charge on any atom is 1.00 e. The van der Waals surface area contributed by atoms with E-state index in [1.807, 2.05) is 0 Å². The van der Waals surface area contributed by atoms with Gasteiger partial charge in [0.15, 0.2) is 29.8 Å². The zero-order chi connectivity index (χ0) is 25.8. The fourth-order valence-corrected chi connectivity index (χ4v) is 1.94. The number of carbonyl (C=O) groups is 4. The zero-order valence-electron chi connectivity index (χ0n) is 19.5. The number of methoxy groups -OCH3 is 1. The molecule has 0 aliphatic rings. The zero-order valence-corrected chi connectivity index (χ0v) is 20.5. The minimum absolute atomic E-state index is 0. The summed E-state index contributed by atoms with van der Waals surface area (Å²) in [6.45, 7) is -3.02. The molecule has 35 heavy (non-hydrogen) atoms. The Kier molecular flexibility index (Phi) is 14.9. The van der Waals surface area contributed by atoms with Gasteiger partial charge in [0.05, 0.1) is 26.9 Å². The Bertz CT molecular complexity index is 922. The quantitative estimate of drug-likeness (QED) is 0.0402. The summed E-state index contributed by atoms with van der Waals surface area (Å²) < 4.78 is 14.9. The van der Waals surface area contributed by atoms with E-state index in [-0.39, 0.29) is 42.3 Å². The summed E-state index contributed by atoms with van der Waals surface area (Å²) in [6.07, 6.45) is -4.36. The third-order valence-electron chi connectivity index (χ3n) is 3.67. The largest absolute Gasteiger partial charge is 1.00 e. The number of carbonyl (C=O) groups excluding carboxylic acids is 4. The fraction of sp³-hybridized carbons (Fsp3) is 0.368. The van der Waals surface area contributed by atoms with Crippen molar-refractivity contribution < 1.29 is 105 Å². The number of hydrogen-bond acceptors (Lipinski definition) is 15. The molecule has 0 aliphatic heterocycles. The molecule has 3 atom stereocenters. The van der Waals surface area contributed by atoms with Crippen molar-refractivity contribution >= 4 is 30.0 Å². The molecule has 16 heteroatoms. The molecule has 0 fully saturated rings. The molecule has 1 aromatic carbocycles. The van der Waals surface area contributed by atoms with Crippen molar-refractivity contribution in [3.05, 3.63) is 23.8 Å². The Morgan fingerprint density at radius 1 is 0.829 bits per heavy atom. The van der Waals surface area contributed by atoms with Crippen LogP contribution in [0.2, 0.25) is 0 Å². The predicted octanol–water partition coefficient (Wildman–Crippen LogP) is -6.30. The van der Waals surface area contributed by atoms with Gasteiger partial charge in [-0.15, -0.1) is 0 Å². The summed E-state index contributed by atoms with van der Waals surface area (Å²) in [5, 5.41) is 54.4. The predicted molar refractivity (Wildman–Crippen MR) is 106 cm³/mol. The van der Waals surface area contributed by atoms with Crippen LogP contribution in [0.4, 0.5) is 0 Å². The molecule has 0 saturated carbocycles. The van der Waals surface area contributed by atoms with Crippen LogP contribution in [0.1, 0.15) is 6.99 Å². The molecule has 3 unspecified atom stereocenters. The molecule has 190 valence electrons. The van der Waals surface area contributed by atoms with Crippen molar-refractivity contribution in [2.45, 2.75) is 18.3 Å². The smallest absolute Gasteiger partial charge is 1.00 e. The number of aliphatic hydroxyl groups is 6. The van der Waals surface area contributed by atoms with E-state index in [9.17, 15) is 29.4 Å².